The third-order valence-electron chi connectivity index (χ3n) is 4.24. The van der Waals surface area contributed by atoms with Crippen LogP contribution in [0.4, 0.5) is 10.5 Å². The van der Waals surface area contributed by atoms with Crippen molar-refractivity contribution in [2.24, 2.45) is 21.8 Å². The number of fused-ring (bicyclic) bond motifs is 3. The number of carbonyl (C=O) groups is 2. The first-order chi connectivity index (χ1) is 10.6. The van der Waals surface area contributed by atoms with Gasteiger partial charge in [-0.3, -0.25) is 15.4 Å². The van der Waals surface area contributed by atoms with E-state index in [1.165, 1.54) is 0 Å². The fraction of sp³-hybridized carbons (Fsp3) is 0.333. The molecular formula is C15H14N4O3. The van der Waals surface area contributed by atoms with Crippen molar-refractivity contribution in [3.05, 3.63) is 23.8 Å². The zero-order chi connectivity index (χ0) is 15.3. The predicted molar refractivity (Wildman–Crippen MR) is 79.5 cm³/mol. The molecule has 1 aromatic rings. The Labute approximate surface area is 126 Å². The monoisotopic (exact) mass is 298 g/mol. The Morgan fingerprint density at radius 2 is 2.09 bits per heavy atom. The molecule has 1 saturated heterocycles. The molecule has 0 radical (unpaired) electrons. The number of ether oxygens (including phenoxy) is 1. The number of methoxy groups -OCH3 is 1. The lowest BCUT2D eigenvalue weighted by Crippen LogP contribution is -2.58. The number of amidine groups is 2. The summed E-state index contributed by atoms with van der Waals surface area (Å²) in [5.41, 5.74) is 1.95. The van der Waals surface area contributed by atoms with Gasteiger partial charge in [-0.05, 0) is 24.5 Å². The van der Waals surface area contributed by atoms with E-state index in [-0.39, 0.29) is 11.8 Å². The van der Waals surface area contributed by atoms with E-state index in [0.717, 1.165) is 23.4 Å². The van der Waals surface area contributed by atoms with Crippen LogP contribution in [0.3, 0.4) is 0 Å². The van der Waals surface area contributed by atoms with Crippen molar-refractivity contribution in [2.45, 2.75) is 12.8 Å². The van der Waals surface area contributed by atoms with Gasteiger partial charge < -0.3 is 4.74 Å². The predicted octanol–water partition coefficient (Wildman–Crippen LogP) is 1.16. The molecule has 112 valence electrons. The molecule has 0 aliphatic carbocycles. The van der Waals surface area contributed by atoms with Crippen LogP contribution in [0.5, 0.6) is 5.75 Å². The summed E-state index contributed by atoms with van der Waals surface area (Å²) in [6.45, 7) is 0. The van der Waals surface area contributed by atoms with Gasteiger partial charge >= 0.3 is 6.03 Å². The normalized spacial score (nSPS) is 25.7. The van der Waals surface area contributed by atoms with E-state index in [1.54, 1.807) is 7.11 Å². The number of hydrogen-bond acceptors (Lipinski definition) is 5. The van der Waals surface area contributed by atoms with Gasteiger partial charge in [-0.15, -0.1) is 0 Å². The van der Waals surface area contributed by atoms with Crippen LogP contribution < -0.4 is 15.4 Å². The molecule has 3 aliphatic heterocycles. The number of rotatable bonds is 1. The standard InChI is InChI=1S/C15H14N4O3/c1-22-9-3-2-7-4-8-5-10-13(18-15(21)19-14(10)20)17-12(8)16-11(7)6-9/h2-3,6,8,10H,4-5H2,1H3,(H2,16,17,18,19,20,21). The first-order valence-corrected chi connectivity index (χ1v) is 7.10. The summed E-state index contributed by atoms with van der Waals surface area (Å²) < 4.78 is 5.22. The minimum absolute atomic E-state index is 0.0930. The topological polar surface area (TPSA) is 92.2 Å². The van der Waals surface area contributed by atoms with Gasteiger partial charge in [0.2, 0.25) is 5.91 Å². The Balaban J connectivity index is 1.75. The zero-order valence-electron chi connectivity index (χ0n) is 11.9. The summed E-state index contributed by atoms with van der Waals surface area (Å²) in [6, 6.07) is 5.24. The number of imide groups is 1. The van der Waals surface area contributed by atoms with Crippen LogP contribution in [-0.2, 0) is 11.2 Å². The summed E-state index contributed by atoms with van der Waals surface area (Å²) in [4.78, 5) is 32.3. The molecule has 1 aromatic carbocycles. The van der Waals surface area contributed by atoms with Gasteiger partial charge in [0.1, 0.15) is 17.4 Å². The molecule has 7 nitrogen and oxygen atoms in total. The fourth-order valence-corrected chi connectivity index (χ4v) is 3.11. The van der Waals surface area contributed by atoms with E-state index >= 15 is 0 Å². The highest BCUT2D eigenvalue weighted by Crippen LogP contribution is 2.36. The second-order valence-corrected chi connectivity index (χ2v) is 5.59. The molecule has 0 aromatic heterocycles. The van der Waals surface area contributed by atoms with Crippen molar-refractivity contribution in [1.82, 2.24) is 10.6 Å². The average Bonchev–Trinajstić information content (AvgIpc) is 2.50. The molecule has 3 aliphatic rings. The van der Waals surface area contributed by atoms with Gasteiger partial charge in [-0.2, -0.15) is 0 Å². The second kappa shape index (κ2) is 4.66. The van der Waals surface area contributed by atoms with Crippen LogP contribution in [0, 0.1) is 11.8 Å². The Bertz CT molecular complexity index is 753. The van der Waals surface area contributed by atoms with Crippen LogP contribution in [-0.4, -0.2) is 30.7 Å². The maximum atomic E-state index is 11.9. The SMILES string of the molecule is COc1ccc2c(c1)N=C1N=C3NC(=O)NC(=O)C3CC1C2. The van der Waals surface area contributed by atoms with Crippen LogP contribution in [0.25, 0.3) is 0 Å². The first kappa shape index (κ1) is 13.0. The average molecular weight is 298 g/mol. The van der Waals surface area contributed by atoms with Crippen LogP contribution in [0.15, 0.2) is 28.2 Å². The Morgan fingerprint density at radius 3 is 2.91 bits per heavy atom. The van der Waals surface area contributed by atoms with E-state index in [2.05, 4.69) is 20.6 Å². The van der Waals surface area contributed by atoms with E-state index in [0.29, 0.717) is 18.1 Å². The molecule has 0 bridgehead atoms. The van der Waals surface area contributed by atoms with Crippen molar-refractivity contribution >= 4 is 29.3 Å². The van der Waals surface area contributed by atoms with Crippen molar-refractivity contribution in [2.75, 3.05) is 7.11 Å². The summed E-state index contributed by atoms with van der Waals surface area (Å²) in [7, 11) is 1.61. The lowest BCUT2D eigenvalue weighted by Gasteiger charge is -2.33. The summed E-state index contributed by atoms with van der Waals surface area (Å²) in [5, 5.41) is 4.88. The molecule has 22 heavy (non-hydrogen) atoms. The molecule has 2 N–H and O–H groups in total. The van der Waals surface area contributed by atoms with Crippen LogP contribution >= 0.6 is 0 Å². The lowest BCUT2D eigenvalue weighted by molar-refractivity contribution is -0.122. The molecule has 4 rings (SSSR count). The van der Waals surface area contributed by atoms with Crippen molar-refractivity contribution in [3.8, 4) is 5.75 Å². The number of nitrogens with one attached hydrogen (secondary N) is 2. The summed E-state index contributed by atoms with van der Waals surface area (Å²) >= 11 is 0. The Hall–Kier alpha value is -2.70. The minimum Gasteiger partial charge on any atom is -0.497 e. The Morgan fingerprint density at radius 1 is 1.23 bits per heavy atom. The number of urea groups is 1. The van der Waals surface area contributed by atoms with Gasteiger partial charge in [0.05, 0.1) is 18.7 Å². The molecule has 2 atom stereocenters. The molecule has 2 unspecified atom stereocenters. The highest BCUT2D eigenvalue weighted by Gasteiger charge is 2.40. The van der Waals surface area contributed by atoms with Gasteiger partial charge in [0.15, 0.2) is 0 Å². The van der Waals surface area contributed by atoms with Gasteiger partial charge in [0.25, 0.3) is 0 Å². The van der Waals surface area contributed by atoms with Gasteiger partial charge in [-0.1, -0.05) is 6.07 Å². The van der Waals surface area contributed by atoms with E-state index in [4.69, 9.17) is 4.74 Å². The van der Waals surface area contributed by atoms with E-state index in [9.17, 15) is 9.59 Å². The first-order valence-electron chi connectivity index (χ1n) is 7.10. The molecule has 3 heterocycles. The molecule has 1 fully saturated rings. The largest absolute Gasteiger partial charge is 0.497 e. The number of hydrogen-bond donors (Lipinski definition) is 2. The van der Waals surface area contributed by atoms with Crippen molar-refractivity contribution < 1.29 is 14.3 Å². The molecule has 3 amide bonds. The van der Waals surface area contributed by atoms with Crippen LogP contribution in [0.2, 0.25) is 0 Å². The number of amides is 3. The molecule has 0 saturated carbocycles. The van der Waals surface area contributed by atoms with Crippen molar-refractivity contribution in [1.29, 1.82) is 0 Å². The third kappa shape index (κ3) is 1.97. The summed E-state index contributed by atoms with van der Waals surface area (Å²) in [5.74, 6) is 1.21. The highest BCUT2D eigenvalue weighted by molar-refractivity contribution is 6.21. The fourth-order valence-electron chi connectivity index (χ4n) is 3.11. The minimum atomic E-state index is -0.531. The maximum Gasteiger partial charge on any atom is 0.326 e. The van der Waals surface area contributed by atoms with E-state index in [1.807, 2.05) is 18.2 Å². The highest BCUT2D eigenvalue weighted by atomic mass is 16.5. The number of aliphatic imine (C=N–C) groups is 2. The number of carbonyl (C=O) groups excluding carboxylic acids is 2. The quantitative estimate of drug-likeness (QED) is 0.814. The van der Waals surface area contributed by atoms with Gasteiger partial charge in [0, 0.05) is 12.0 Å². The summed E-state index contributed by atoms with van der Waals surface area (Å²) in [6.07, 6.45) is 1.39. The smallest absolute Gasteiger partial charge is 0.326 e. The molecule has 7 heteroatoms. The third-order valence-corrected chi connectivity index (χ3v) is 4.24. The second-order valence-electron chi connectivity index (χ2n) is 5.59. The van der Waals surface area contributed by atoms with Crippen LogP contribution in [0.1, 0.15) is 12.0 Å². The Kier molecular flexibility index (Phi) is 2.75. The molecule has 0 spiro atoms. The van der Waals surface area contributed by atoms with Crippen molar-refractivity contribution in [3.63, 3.8) is 0 Å². The van der Waals surface area contributed by atoms with Gasteiger partial charge in [-0.25, -0.2) is 14.8 Å². The lowest BCUT2D eigenvalue weighted by atomic mass is 9.82. The maximum absolute atomic E-state index is 11.9. The molecular weight excluding hydrogens is 284 g/mol. The zero-order valence-corrected chi connectivity index (χ0v) is 11.9. The number of benzene rings is 1. The van der Waals surface area contributed by atoms with E-state index < -0.39 is 11.9 Å². The number of nitrogens with zero attached hydrogens (tertiary/aromatic N) is 2.